The van der Waals surface area contributed by atoms with Gasteiger partial charge in [0.15, 0.2) is 5.76 Å². The minimum absolute atomic E-state index is 0.0507. The van der Waals surface area contributed by atoms with Crippen molar-refractivity contribution in [3.05, 3.63) is 58.5 Å². The molecule has 2 rings (SSSR count). The number of hydrogen-bond donors (Lipinski definition) is 1. The van der Waals surface area contributed by atoms with Crippen LogP contribution in [0.4, 0.5) is 0 Å². The lowest BCUT2D eigenvalue weighted by Crippen LogP contribution is -2.25. The van der Waals surface area contributed by atoms with Crippen LogP contribution in [-0.4, -0.2) is 28.9 Å². The molecular formula is C17H19NO4. The van der Waals surface area contributed by atoms with Gasteiger partial charge in [0.1, 0.15) is 11.3 Å². The molecule has 1 amide bonds. The topological polar surface area (TPSA) is 70.8 Å². The Kier molecular flexibility index (Phi) is 4.65. The van der Waals surface area contributed by atoms with E-state index in [1.165, 1.54) is 11.0 Å². The summed E-state index contributed by atoms with van der Waals surface area (Å²) in [6.45, 7) is 4.21. The minimum Gasteiger partial charge on any atom is -0.478 e. The van der Waals surface area contributed by atoms with E-state index in [0.29, 0.717) is 18.7 Å². The molecule has 0 spiro atoms. The van der Waals surface area contributed by atoms with Crippen molar-refractivity contribution in [3.8, 4) is 0 Å². The zero-order valence-electron chi connectivity index (χ0n) is 12.9. The third-order valence-electron chi connectivity index (χ3n) is 3.42. The molecule has 0 saturated heterocycles. The predicted molar refractivity (Wildman–Crippen MR) is 82.0 cm³/mol. The lowest BCUT2D eigenvalue weighted by molar-refractivity contribution is 0.0693. The Morgan fingerprint density at radius 1 is 1.27 bits per heavy atom. The number of aromatic carboxylic acids is 1. The second-order valence-electron chi connectivity index (χ2n) is 5.26. The average Bonchev–Trinajstić information content (AvgIpc) is 2.90. The highest BCUT2D eigenvalue weighted by Gasteiger charge is 2.22. The van der Waals surface area contributed by atoms with Crippen molar-refractivity contribution in [2.45, 2.75) is 26.8 Å². The van der Waals surface area contributed by atoms with Crippen molar-refractivity contribution in [2.24, 2.45) is 0 Å². The fraction of sp³-hybridized carbons (Fsp3) is 0.294. The first-order chi connectivity index (χ1) is 10.4. The van der Waals surface area contributed by atoms with E-state index < -0.39 is 5.97 Å². The summed E-state index contributed by atoms with van der Waals surface area (Å²) in [6, 6.07) is 9.18. The number of amides is 1. The molecule has 1 aromatic heterocycles. The minimum atomic E-state index is -1.08. The molecule has 116 valence electrons. The number of furan rings is 1. The van der Waals surface area contributed by atoms with Crippen molar-refractivity contribution < 1.29 is 19.1 Å². The van der Waals surface area contributed by atoms with Crippen LogP contribution >= 0.6 is 0 Å². The third-order valence-corrected chi connectivity index (χ3v) is 3.42. The third kappa shape index (κ3) is 3.36. The molecule has 0 unspecified atom stereocenters. The molecular weight excluding hydrogens is 282 g/mol. The van der Waals surface area contributed by atoms with E-state index in [-0.39, 0.29) is 17.2 Å². The van der Waals surface area contributed by atoms with Crippen LogP contribution in [0.2, 0.25) is 0 Å². The van der Waals surface area contributed by atoms with E-state index in [9.17, 15) is 9.59 Å². The molecule has 0 atom stereocenters. The molecule has 5 heteroatoms. The smallest absolute Gasteiger partial charge is 0.339 e. The Bertz CT molecular complexity index is 702. The molecule has 0 radical (unpaired) electrons. The molecule has 1 aromatic carbocycles. The van der Waals surface area contributed by atoms with E-state index in [2.05, 4.69) is 0 Å². The molecule has 0 aliphatic carbocycles. The van der Waals surface area contributed by atoms with Crippen molar-refractivity contribution in [1.29, 1.82) is 0 Å². The first-order valence-electron chi connectivity index (χ1n) is 7.09. The quantitative estimate of drug-likeness (QED) is 0.921. The van der Waals surface area contributed by atoms with Crippen LogP contribution in [-0.2, 0) is 13.0 Å². The Morgan fingerprint density at radius 2 is 2.00 bits per heavy atom. The van der Waals surface area contributed by atoms with Crippen molar-refractivity contribution in [2.75, 3.05) is 7.05 Å². The van der Waals surface area contributed by atoms with Gasteiger partial charge in [0.2, 0.25) is 0 Å². The Balaban J connectivity index is 2.18. The number of hydrogen-bond acceptors (Lipinski definition) is 3. The van der Waals surface area contributed by atoms with Gasteiger partial charge in [0, 0.05) is 26.1 Å². The summed E-state index contributed by atoms with van der Waals surface area (Å²) in [5.41, 5.74) is 2.18. The summed E-state index contributed by atoms with van der Waals surface area (Å²) in [7, 11) is 1.67. The summed E-state index contributed by atoms with van der Waals surface area (Å²) in [5, 5.41) is 9.11. The molecule has 1 N–H and O–H groups in total. The van der Waals surface area contributed by atoms with Crippen LogP contribution in [0.5, 0.6) is 0 Å². The summed E-state index contributed by atoms with van der Waals surface area (Å²) in [4.78, 5) is 25.0. The Hall–Kier alpha value is -2.56. The Morgan fingerprint density at radius 3 is 2.55 bits per heavy atom. The number of benzene rings is 1. The monoisotopic (exact) mass is 301 g/mol. The van der Waals surface area contributed by atoms with Crippen LogP contribution in [0.1, 0.15) is 44.7 Å². The van der Waals surface area contributed by atoms with Gasteiger partial charge in [-0.2, -0.15) is 0 Å². The van der Waals surface area contributed by atoms with Crippen LogP contribution in [0.15, 0.2) is 34.7 Å². The fourth-order valence-corrected chi connectivity index (χ4v) is 2.32. The largest absolute Gasteiger partial charge is 0.478 e. The number of carbonyl (C=O) groups is 2. The highest BCUT2D eigenvalue weighted by atomic mass is 16.4. The van der Waals surface area contributed by atoms with Gasteiger partial charge in [-0.1, -0.05) is 36.8 Å². The molecule has 1 heterocycles. The number of nitrogens with zero attached hydrogens (tertiary/aromatic N) is 1. The summed E-state index contributed by atoms with van der Waals surface area (Å²) in [6.07, 6.45) is 0.427. The second-order valence-corrected chi connectivity index (χ2v) is 5.26. The maximum atomic E-state index is 12.4. The zero-order valence-corrected chi connectivity index (χ0v) is 12.9. The van der Waals surface area contributed by atoms with Gasteiger partial charge in [-0.3, -0.25) is 4.79 Å². The van der Waals surface area contributed by atoms with E-state index in [0.717, 1.165) is 11.1 Å². The zero-order chi connectivity index (χ0) is 16.3. The van der Waals surface area contributed by atoms with Crippen molar-refractivity contribution >= 4 is 11.9 Å². The maximum Gasteiger partial charge on any atom is 0.339 e. The summed E-state index contributed by atoms with van der Waals surface area (Å²) < 4.78 is 5.40. The van der Waals surface area contributed by atoms with Crippen molar-refractivity contribution in [3.63, 3.8) is 0 Å². The summed E-state index contributed by atoms with van der Waals surface area (Å²) in [5.74, 6) is -1.03. The van der Waals surface area contributed by atoms with Crippen LogP contribution < -0.4 is 0 Å². The molecule has 0 fully saturated rings. The fourth-order valence-electron chi connectivity index (χ4n) is 2.32. The number of carboxylic acids is 1. The van der Waals surface area contributed by atoms with Gasteiger partial charge >= 0.3 is 5.97 Å². The van der Waals surface area contributed by atoms with E-state index >= 15 is 0 Å². The van der Waals surface area contributed by atoms with Gasteiger partial charge in [-0.15, -0.1) is 0 Å². The lowest BCUT2D eigenvalue weighted by atomic mass is 10.1. The molecule has 0 aliphatic rings. The number of aryl methyl sites for hydroxylation is 2. The van der Waals surface area contributed by atoms with Crippen LogP contribution in [0, 0.1) is 6.92 Å². The van der Waals surface area contributed by atoms with E-state index in [1.54, 1.807) is 14.0 Å². The molecule has 0 saturated carbocycles. The molecule has 0 bridgehead atoms. The maximum absolute atomic E-state index is 12.4. The highest BCUT2D eigenvalue weighted by Crippen LogP contribution is 2.18. The number of carboxylic acid groups (broad SMARTS) is 1. The van der Waals surface area contributed by atoms with Gasteiger partial charge in [0.05, 0.1) is 0 Å². The average molecular weight is 301 g/mol. The van der Waals surface area contributed by atoms with Crippen LogP contribution in [0.3, 0.4) is 0 Å². The van der Waals surface area contributed by atoms with Crippen molar-refractivity contribution in [1.82, 2.24) is 4.90 Å². The van der Waals surface area contributed by atoms with E-state index in [1.807, 2.05) is 31.2 Å². The lowest BCUT2D eigenvalue weighted by Gasteiger charge is -2.16. The van der Waals surface area contributed by atoms with Gasteiger partial charge in [-0.25, -0.2) is 4.79 Å². The SMILES string of the molecule is CCc1oc(C(=O)N(C)Cc2cccc(C)c2)cc1C(=O)O. The van der Waals surface area contributed by atoms with Gasteiger partial charge < -0.3 is 14.4 Å². The van der Waals surface area contributed by atoms with E-state index in [4.69, 9.17) is 9.52 Å². The normalized spacial score (nSPS) is 10.5. The molecule has 5 nitrogen and oxygen atoms in total. The number of carbonyl (C=O) groups excluding carboxylic acids is 1. The molecule has 2 aromatic rings. The second kappa shape index (κ2) is 6.47. The van der Waals surface area contributed by atoms with Crippen LogP contribution in [0.25, 0.3) is 0 Å². The predicted octanol–water partition coefficient (Wildman–Crippen LogP) is 3.12. The number of rotatable bonds is 5. The highest BCUT2D eigenvalue weighted by molar-refractivity contribution is 5.96. The van der Waals surface area contributed by atoms with Gasteiger partial charge in [0.25, 0.3) is 5.91 Å². The van der Waals surface area contributed by atoms with Gasteiger partial charge in [-0.05, 0) is 12.5 Å². The molecule has 22 heavy (non-hydrogen) atoms. The summed E-state index contributed by atoms with van der Waals surface area (Å²) >= 11 is 0. The Labute approximate surface area is 129 Å². The first kappa shape index (κ1) is 15.8. The first-order valence-corrected chi connectivity index (χ1v) is 7.09. The standard InChI is InChI=1S/C17H19NO4/c1-4-14-13(17(20)21)9-15(22-14)16(19)18(3)10-12-7-5-6-11(2)8-12/h5-9H,4,10H2,1-3H3,(H,20,21). The molecule has 0 aliphatic heterocycles.